The maximum Gasteiger partial charge on any atom is 0.246 e. The molecule has 1 N–H and O–H groups in total. The van der Waals surface area contributed by atoms with Gasteiger partial charge >= 0.3 is 0 Å². The Morgan fingerprint density at radius 2 is 2.10 bits per heavy atom. The summed E-state index contributed by atoms with van der Waals surface area (Å²) in [5.74, 6) is -1.03. The molecular formula is C13H18N4O3. The van der Waals surface area contributed by atoms with Crippen LogP contribution in [0.4, 0.5) is 0 Å². The van der Waals surface area contributed by atoms with Gasteiger partial charge in [0.2, 0.25) is 17.7 Å². The fraction of sp³-hybridized carbons (Fsp3) is 0.538. The van der Waals surface area contributed by atoms with Crippen LogP contribution in [-0.4, -0.2) is 45.3 Å². The normalized spacial score (nSPS) is 16.9. The molecule has 7 heteroatoms. The van der Waals surface area contributed by atoms with Crippen LogP contribution < -0.4 is 5.32 Å². The van der Waals surface area contributed by atoms with Gasteiger partial charge in [-0.1, -0.05) is 13.3 Å². The maximum atomic E-state index is 12.2. The fourth-order valence-corrected chi connectivity index (χ4v) is 2.32. The van der Waals surface area contributed by atoms with Gasteiger partial charge in [-0.25, -0.2) is 4.98 Å². The second-order valence-electron chi connectivity index (χ2n) is 4.88. The van der Waals surface area contributed by atoms with Crippen molar-refractivity contribution >= 4 is 17.7 Å². The van der Waals surface area contributed by atoms with Crippen LogP contribution in [0.5, 0.6) is 0 Å². The fourth-order valence-electron chi connectivity index (χ4n) is 2.32. The lowest BCUT2D eigenvalue weighted by atomic mass is 10.1. The molecule has 1 aromatic rings. The lowest BCUT2D eigenvalue weighted by Crippen LogP contribution is -2.53. The van der Waals surface area contributed by atoms with Gasteiger partial charge in [0, 0.05) is 24.9 Å². The van der Waals surface area contributed by atoms with Gasteiger partial charge in [0.25, 0.3) is 0 Å². The van der Waals surface area contributed by atoms with Crippen molar-refractivity contribution in [2.75, 3.05) is 13.1 Å². The van der Waals surface area contributed by atoms with E-state index in [-0.39, 0.29) is 31.5 Å². The van der Waals surface area contributed by atoms with Gasteiger partial charge in [0.1, 0.15) is 13.1 Å². The number of hydrogen-bond donors (Lipinski definition) is 1. The van der Waals surface area contributed by atoms with Crippen LogP contribution in [0, 0.1) is 0 Å². The van der Waals surface area contributed by atoms with E-state index in [2.05, 4.69) is 10.3 Å². The highest BCUT2D eigenvalue weighted by Crippen LogP contribution is 2.19. The third kappa shape index (κ3) is 3.43. The lowest BCUT2D eigenvalue weighted by molar-refractivity contribution is -0.145. The molecular weight excluding hydrogens is 260 g/mol. The van der Waals surface area contributed by atoms with Gasteiger partial charge in [0.15, 0.2) is 0 Å². The number of rotatable bonds is 5. The molecule has 2 rings (SSSR count). The van der Waals surface area contributed by atoms with Crippen molar-refractivity contribution in [1.29, 1.82) is 0 Å². The Labute approximate surface area is 117 Å². The highest BCUT2D eigenvalue weighted by molar-refractivity contribution is 6.02. The molecule has 0 aromatic carbocycles. The minimum atomic E-state index is -0.427. The van der Waals surface area contributed by atoms with Gasteiger partial charge in [-0.15, -0.1) is 0 Å². The van der Waals surface area contributed by atoms with Crippen LogP contribution in [0.25, 0.3) is 0 Å². The molecule has 1 aliphatic heterocycles. The van der Waals surface area contributed by atoms with E-state index in [4.69, 9.17) is 0 Å². The first-order valence-electron chi connectivity index (χ1n) is 6.68. The van der Waals surface area contributed by atoms with Crippen molar-refractivity contribution in [1.82, 2.24) is 19.8 Å². The first kappa shape index (κ1) is 14.2. The third-order valence-electron chi connectivity index (χ3n) is 3.28. The molecule has 1 unspecified atom stereocenters. The van der Waals surface area contributed by atoms with Gasteiger partial charge in [-0.2, -0.15) is 0 Å². The third-order valence-corrected chi connectivity index (χ3v) is 3.28. The summed E-state index contributed by atoms with van der Waals surface area (Å²) in [7, 11) is 0. The molecule has 1 fully saturated rings. The Kier molecular flexibility index (Phi) is 4.49. The number of piperazine rings is 1. The standard InChI is InChI=1S/C13H18N4O3/c1-2-3-10(16-5-4-14-9-16)6-13(20)17-7-11(18)15-12(19)8-17/h4-5,9-10H,2-3,6-8H2,1H3,(H,15,18,19). The number of amides is 3. The summed E-state index contributed by atoms with van der Waals surface area (Å²) in [6.45, 7) is 1.95. The van der Waals surface area contributed by atoms with E-state index in [1.54, 1.807) is 12.5 Å². The summed E-state index contributed by atoms with van der Waals surface area (Å²) >= 11 is 0. The van der Waals surface area contributed by atoms with Crippen molar-refractivity contribution < 1.29 is 14.4 Å². The molecule has 0 radical (unpaired) electrons. The summed E-state index contributed by atoms with van der Waals surface area (Å²) in [5, 5.41) is 2.18. The van der Waals surface area contributed by atoms with Crippen LogP contribution in [0.15, 0.2) is 18.7 Å². The molecule has 0 spiro atoms. The van der Waals surface area contributed by atoms with Crippen LogP contribution >= 0.6 is 0 Å². The van der Waals surface area contributed by atoms with E-state index < -0.39 is 11.8 Å². The topological polar surface area (TPSA) is 84.3 Å². The van der Waals surface area contributed by atoms with Gasteiger partial charge in [-0.05, 0) is 6.42 Å². The molecule has 1 aliphatic rings. The summed E-state index contributed by atoms with van der Waals surface area (Å²) < 4.78 is 1.90. The molecule has 7 nitrogen and oxygen atoms in total. The molecule has 1 saturated heterocycles. The van der Waals surface area contributed by atoms with E-state index in [0.29, 0.717) is 0 Å². The van der Waals surface area contributed by atoms with E-state index in [9.17, 15) is 14.4 Å². The molecule has 108 valence electrons. The Morgan fingerprint density at radius 1 is 1.40 bits per heavy atom. The van der Waals surface area contributed by atoms with E-state index in [0.717, 1.165) is 12.8 Å². The van der Waals surface area contributed by atoms with Crippen molar-refractivity contribution in [2.45, 2.75) is 32.2 Å². The molecule has 1 aromatic heterocycles. The first-order valence-corrected chi connectivity index (χ1v) is 6.68. The summed E-state index contributed by atoms with van der Waals surface area (Å²) in [4.78, 5) is 40.1. The largest absolute Gasteiger partial charge is 0.334 e. The van der Waals surface area contributed by atoms with Gasteiger partial charge in [-0.3, -0.25) is 19.7 Å². The maximum absolute atomic E-state index is 12.2. The Balaban J connectivity index is 2.01. The number of carbonyl (C=O) groups excluding carboxylic acids is 3. The molecule has 2 heterocycles. The first-order chi connectivity index (χ1) is 9.60. The summed E-state index contributed by atoms with van der Waals surface area (Å²) in [6, 6.07) is 0.00934. The number of imide groups is 1. The highest BCUT2D eigenvalue weighted by atomic mass is 16.2. The average Bonchev–Trinajstić information content (AvgIpc) is 2.90. The van der Waals surface area contributed by atoms with Crippen LogP contribution in [0.1, 0.15) is 32.2 Å². The quantitative estimate of drug-likeness (QED) is 0.774. The van der Waals surface area contributed by atoms with Gasteiger partial charge < -0.3 is 9.47 Å². The van der Waals surface area contributed by atoms with E-state index >= 15 is 0 Å². The minimum Gasteiger partial charge on any atom is -0.334 e. The molecule has 20 heavy (non-hydrogen) atoms. The van der Waals surface area contributed by atoms with Crippen molar-refractivity contribution in [3.05, 3.63) is 18.7 Å². The monoisotopic (exact) mass is 278 g/mol. The van der Waals surface area contributed by atoms with Crippen molar-refractivity contribution in [2.24, 2.45) is 0 Å². The zero-order valence-electron chi connectivity index (χ0n) is 11.4. The number of aromatic nitrogens is 2. The number of nitrogens with zero attached hydrogens (tertiary/aromatic N) is 3. The Hall–Kier alpha value is -2.18. The molecule has 0 saturated carbocycles. The molecule has 1 atom stereocenters. The lowest BCUT2D eigenvalue weighted by Gasteiger charge is -2.27. The molecule has 0 bridgehead atoms. The van der Waals surface area contributed by atoms with Gasteiger partial charge in [0.05, 0.1) is 6.33 Å². The number of nitrogens with one attached hydrogen (secondary N) is 1. The Bertz CT molecular complexity index is 482. The predicted molar refractivity (Wildman–Crippen MR) is 70.5 cm³/mol. The van der Waals surface area contributed by atoms with Crippen LogP contribution in [0.2, 0.25) is 0 Å². The smallest absolute Gasteiger partial charge is 0.246 e. The van der Waals surface area contributed by atoms with Crippen LogP contribution in [0.3, 0.4) is 0 Å². The van der Waals surface area contributed by atoms with Crippen LogP contribution in [-0.2, 0) is 14.4 Å². The van der Waals surface area contributed by atoms with E-state index in [1.165, 1.54) is 4.90 Å². The molecule has 0 aliphatic carbocycles. The number of hydrogen-bond acceptors (Lipinski definition) is 4. The number of imidazole rings is 1. The zero-order valence-corrected chi connectivity index (χ0v) is 11.4. The average molecular weight is 278 g/mol. The summed E-state index contributed by atoms with van der Waals surface area (Å²) in [5.41, 5.74) is 0. The molecule has 3 amide bonds. The predicted octanol–water partition coefficient (Wildman–Crippen LogP) is 0.0994. The van der Waals surface area contributed by atoms with Crippen molar-refractivity contribution in [3.8, 4) is 0 Å². The summed E-state index contributed by atoms with van der Waals surface area (Å²) in [6.07, 6.45) is 7.23. The highest BCUT2D eigenvalue weighted by Gasteiger charge is 2.27. The second kappa shape index (κ2) is 6.31. The van der Waals surface area contributed by atoms with Crippen molar-refractivity contribution in [3.63, 3.8) is 0 Å². The zero-order chi connectivity index (χ0) is 14.5. The number of carbonyl (C=O) groups is 3. The SMILES string of the molecule is CCCC(CC(=O)N1CC(=O)NC(=O)C1)n1ccnc1. The minimum absolute atomic E-state index is 0.00934. The van der Waals surface area contributed by atoms with E-state index in [1.807, 2.05) is 17.7 Å². The second-order valence-corrected chi connectivity index (χ2v) is 4.88. The Morgan fingerprint density at radius 3 is 2.65 bits per heavy atom.